The first-order chi connectivity index (χ1) is 9.56. The summed E-state index contributed by atoms with van der Waals surface area (Å²) < 4.78 is 14.0. The summed E-state index contributed by atoms with van der Waals surface area (Å²) in [6.07, 6.45) is -1.11. The first kappa shape index (κ1) is 15.3. The van der Waals surface area contributed by atoms with Crippen LogP contribution in [0.2, 0.25) is 10.0 Å². The third-order valence-electron chi connectivity index (χ3n) is 3.24. The van der Waals surface area contributed by atoms with Crippen LogP contribution in [-0.2, 0) is 0 Å². The van der Waals surface area contributed by atoms with Gasteiger partial charge >= 0.3 is 0 Å². The molecule has 2 rings (SSSR count). The van der Waals surface area contributed by atoms with Gasteiger partial charge in [0.05, 0.1) is 11.1 Å². The summed E-state index contributed by atoms with van der Waals surface area (Å²) in [4.78, 5) is 0. The van der Waals surface area contributed by atoms with E-state index < -0.39 is 17.8 Å². The average Bonchev–Trinajstić information content (AvgIpc) is 2.44. The fourth-order valence-electron chi connectivity index (χ4n) is 2.17. The van der Waals surface area contributed by atoms with Crippen molar-refractivity contribution in [2.75, 3.05) is 6.54 Å². The van der Waals surface area contributed by atoms with Gasteiger partial charge in [0.1, 0.15) is 5.82 Å². The first-order valence-corrected chi connectivity index (χ1v) is 6.88. The Hall–Kier alpha value is -1.13. The van der Waals surface area contributed by atoms with E-state index in [0.29, 0.717) is 10.6 Å². The molecule has 2 aromatic carbocycles. The summed E-state index contributed by atoms with van der Waals surface area (Å²) in [5.74, 6) is -1.14. The summed E-state index contributed by atoms with van der Waals surface area (Å²) >= 11 is 11.9. The van der Waals surface area contributed by atoms with Crippen LogP contribution in [0, 0.1) is 5.82 Å². The van der Waals surface area contributed by atoms with Crippen molar-refractivity contribution in [1.29, 1.82) is 0 Å². The highest BCUT2D eigenvalue weighted by Gasteiger charge is 2.26. The van der Waals surface area contributed by atoms with E-state index in [1.807, 2.05) is 0 Å². The van der Waals surface area contributed by atoms with Crippen molar-refractivity contribution < 1.29 is 9.50 Å². The van der Waals surface area contributed by atoms with Crippen molar-refractivity contribution in [3.8, 4) is 0 Å². The largest absolute Gasteiger partial charge is 0.388 e. The molecule has 0 aliphatic heterocycles. The highest BCUT2D eigenvalue weighted by Crippen LogP contribution is 2.36. The fraction of sp³-hybridized carbons (Fsp3) is 0.200. The van der Waals surface area contributed by atoms with Crippen LogP contribution in [-0.4, -0.2) is 11.7 Å². The van der Waals surface area contributed by atoms with Gasteiger partial charge in [-0.15, -0.1) is 0 Å². The van der Waals surface area contributed by atoms with Crippen LogP contribution in [0.15, 0.2) is 42.5 Å². The van der Waals surface area contributed by atoms with E-state index in [9.17, 15) is 9.50 Å². The molecule has 2 atom stereocenters. The molecule has 106 valence electrons. The van der Waals surface area contributed by atoms with Crippen LogP contribution in [0.4, 0.5) is 4.39 Å². The van der Waals surface area contributed by atoms with E-state index in [4.69, 9.17) is 28.9 Å². The molecule has 0 amide bonds. The normalized spacial score (nSPS) is 14.1. The molecule has 0 aliphatic carbocycles. The average molecular weight is 314 g/mol. The van der Waals surface area contributed by atoms with Gasteiger partial charge in [0.15, 0.2) is 0 Å². The maximum absolute atomic E-state index is 14.0. The quantitative estimate of drug-likeness (QED) is 0.899. The number of hydrogen-bond donors (Lipinski definition) is 2. The monoisotopic (exact) mass is 313 g/mol. The third kappa shape index (κ3) is 2.96. The number of benzene rings is 2. The van der Waals surface area contributed by atoms with Gasteiger partial charge in [-0.05, 0) is 17.7 Å². The molecule has 3 N–H and O–H groups in total. The molecule has 20 heavy (non-hydrogen) atoms. The van der Waals surface area contributed by atoms with Crippen molar-refractivity contribution in [2.24, 2.45) is 5.73 Å². The van der Waals surface area contributed by atoms with Gasteiger partial charge in [0, 0.05) is 23.0 Å². The minimum Gasteiger partial charge on any atom is -0.388 e. The second-order valence-electron chi connectivity index (χ2n) is 4.45. The third-order valence-corrected chi connectivity index (χ3v) is 3.88. The maximum atomic E-state index is 14.0. The highest BCUT2D eigenvalue weighted by atomic mass is 35.5. The lowest BCUT2D eigenvalue weighted by atomic mass is 9.89. The molecular formula is C15H14Cl2FNO. The Kier molecular flexibility index (Phi) is 5.00. The summed E-state index contributed by atoms with van der Waals surface area (Å²) in [6.45, 7) is 0.136. The number of nitrogens with two attached hydrogens (primary N) is 1. The lowest BCUT2D eigenvalue weighted by Crippen LogP contribution is -2.21. The number of hydrogen-bond acceptors (Lipinski definition) is 2. The van der Waals surface area contributed by atoms with E-state index in [1.165, 1.54) is 12.1 Å². The summed E-state index contributed by atoms with van der Waals surface area (Å²) in [5.41, 5.74) is 6.53. The molecule has 0 radical (unpaired) electrons. The van der Waals surface area contributed by atoms with Crippen LogP contribution in [0.3, 0.4) is 0 Å². The second kappa shape index (κ2) is 6.55. The topological polar surface area (TPSA) is 46.2 Å². The molecule has 2 nitrogen and oxygen atoms in total. The zero-order valence-corrected chi connectivity index (χ0v) is 12.1. The van der Waals surface area contributed by atoms with E-state index in [2.05, 4.69) is 0 Å². The Morgan fingerprint density at radius 2 is 1.60 bits per heavy atom. The van der Waals surface area contributed by atoms with Crippen LogP contribution < -0.4 is 5.73 Å². The van der Waals surface area contributed by atoms with Crippen molar-refractivity contribution >= 4 is 23.2 Å². The molecule has 0 heterocycles. The van der Waals surface area contributed by atoms with Gasteiger partial charge in [-0.3, -0.25) is 0 Å². The molecule has 0 fully saturated rings. The minimum absolute atomic E-state index is 0.0310. The molecule has 0 bridgehead atoms. The zero-order valence-electron chi connectivity index (χ0n) is 10.6. The van der Waals surface area contributed by atoms with Crippen LogP contribution in [0.1, 0.15) is 23.1 Å². The Bertz CT molecular complexity index is 606. The fourth-order valence-corrected chi connectivity index (χ4v) is 2.63. The lowest BCUT2D eigenvalue weighted by Gasteiger charge is -2.23. The van der Waals surface area contributed by atoms with Crippen LogP contribution >= 0.6 is 23.2 Å². The molecule has 0 aliphatic rings. The number of rotatable bonds is 4. The Balaban J connectivity index is 2.42. The van der Waals surface area contributed by atoms with Crippen LogP contribution in [0.25, 0.3) is 0 Å². The van der Waals surface area contributed by atoms with Crippen molar-refractivity contribution in [2.45, 2.75) is 12.0 Å². The number of halogens is 3. The van der Waals surface area contributed by atoms with Gasteiger partial charge in [0.2, 0.25) is 0 Å². The summed E-state index contributed by atoms with van der Waals surface area (Å²) in [7, 11) is 0. The molecule has 0 saturated carbocycles. The zero-order chi connectivity index (χ0) is 14.7. The molecular weight excluding hydrogens is 300 g/mol. The second-order valence-corrected chi connectivity index (χ2v) is 5.27. The van der Waals surface area contributed by atoms with Gasteiger partial charge < -0.3 is 10.8 Å². The van der Waals surface area contributed by atoms with Crippen molar-refractivity contribution in [1.82, 2.24) is 0 Å². The Morgan fingerprint density at radius 3 is 2.25 bits per heavy atom. The number of aliphatic hydroxyl groups excluding tert-OH is 1. The van der Waals surface area contributed by atoms with Crippen molar-refractivity contribution in [3.63, 3.8) is 0 Å². The minimum atomic E-state index is -1.11. The van der Waals surface area contributed by atoms with Gasteiger partial charge in [-0.1, -0.05) is 53.5 Å². The van der Waals surface area contributed by atoms with Crippen LogP contribution in [0.5, 0.6) is 0 Å². The van der Waals surface area contributed by atoms with Gasteiger partial charge in [-0.25, -0.2) is 4.39 Å². The standard InChI is InChI=1S/C15H14Cl2FNO/c16-12-6-2-1-4-9(12)11(8-19)15(20)10-5-3-7-13(17)14(10)18/h1-7,11,15,20H,8,19H2. The SMILES string of the molecule is NCC(c1ccccc1Cl)C(O)c1cccc(Cl)c1F. The highest BCUT2D eigenvalue weighted by molar-refractivity contribution is 6.31. The summed E-state index contributed by atoms with van der Waals surface area (Å²) in [6, 6.07) is 11.6. The van der Waals surface area contributed by atoms with E-state index in [1.54, 1.807) is 30.3 Å². The van der Waals surface area contributed by atoms with Gasteiger partial charge in [-0.2, -0.15) is 0 Å². The molecule has 5 heteroatoms. The summed E-state index contributed by atoms with van der Waals surface area (Å²) in [5, 5.41) is 10.9. The molecule has 2 unspecified atom stereocenters. The Labute approximate surface area is 126 Å². The number of aliphatic hydroxyl groups is 1. The maximum Gasteiger partial charge on any atom is 0.147 e. The lowest BCUT2D eigenvalue weighted by molar-refractivity contribution is 0.143. The predicted octanol–water partition coefficient (Wildman–Crippen LogP) is 3.91. The smallest absolute Gasteiger partial charge is 0.147 e. The Morgan fingerprint density at radius 1 is 1.00 bits per heavy atom. The van der Waals surface area contributed by atoms with E-state index >= 15 is 0 Å². The molecule has 0 spiro atoms. The predicted molar refractivity (Wildman–Crippen MR) is 79.6 cm³/mol. The van der Waals surface area contributed by atoms with E-state index in [-0.39, 0.29) is 17.1 Å². The first-order valence-electron chi connectivity index (χ1n) is 6.12. The van der Waals surface area contributed by atoms with Gasteiger partial charge in [0.25, 0.3) is 0 Å². The van der Waals surface area contributed by atoms with Crippen molar-refractivity contribution in [3.05, 3.63) is 69.5 Å². The molecule has 0 saturated heterocycles. The molecule has 0 aromatic heterocycles. The van der Waals surface area contributed by atoms with E-state index in [0.717, 1.165) is 0 Å². The molecule has 2 aromatic rings.